The predicted molar refractivity (Wildman–Crippen MR) is 3.43 cm³/mol. The van der Waals surface area contributed by atoms with Gasteiger partial charge in [-0.05, 0) is 0 Å². The van der Waals surface area contributed by atoms with Crippen molar-refractivity contribution < 1.29 is 127 Å². The van der Waals surface area contributed by atoms with E-state index in [4.69, 9.17) is 0 Å². The zero-order valence-electron chi connectivity index (χ0n) is 3.95. The van der Waals surface area contributed by atoms with Crippen LogP contribution < -0.4 is 0 Å². The van der Waals surface area contributed by atoms with Gasteiger partial charge in [-0.2, -0.15) is 0 Å². The van der Waals surface area contributed by atoms with E-state index < -0.39 is 0 Å². The van der Waals surface area contributed by atoms with E-state index in [2.05, 4.69) is 0 Å². The molecule has 0 aliphatic rings. The average Bonchev–Trinajstić information content (AvgIpc) is 0. The summed E-state index contributed by atoms with van der Waals surface area (Å²) in [5.41, 5.74) is 0. The van der Waals surface area contributed by atoms with Crippen LogP contribution in [-0.4, -0.2) is 0 Å². The minimum Gasteiger partial charge on any atom is -2.00 e. The number of hydrogen-bond acceptors (Lipinski definition) is 0. The zero-order valence-corrected chi connectivity index (χ0v) is 12.0. The molecule has 0 amide bonds. The first kappa shape index (κ1) is 158. The van der Waals surface area contributed by atoms with Crippen molar-refractivity contribution in [1.82, 2.24) is 0 Å². The maximum atomic E-state index is 0. The van der Waals surface area contributed by atoms with Crippen LogP contribution >= 0.6 is 0 Å². The van der Waals surface area contributed by atoms with Crippen molar-refractivity contribution in [3.8, 4) is 0 Å². The van der Waals surface area contributed by atoms with Gasteiger partial charge >= 0.3 is 99.6 Å². The fourth-order valence-electron chi connectivity index (χ4n) is 0. The molecule has 0 heterocycles. The second-order valence-corrected chi connectivity index (χ2v) is 0. The van der Waals surface area contributed by atoms with Crippen molar-refractivity contribution in [1.29, 1.82) is 0 Å². The normalized spacial score (nSPS) is 0. The molecule has 0 aliphatic carbocycles. The average molecular weight is 368 g/mol. The summed E-state index contributed by atoms with van der Waals surface area (Å²) in [6.45, 7) is 0. The molecule has 0 N–H and O–H groups in total. The van der Waals surface area contributed by atoms with Crippen LogP contribution in [0.1, 0.15) is 0 Å². The van der Waals surface area contributed by atoms with Gasteiger partial charge in [-0.1, -0.05) is 0 Å². The summed E-state index contributed by atoms with van der Waals surface area (Å²) >= 11 is 0. The second-order valence-electron chi connectivity index (χ2n) is 0. The van der Waals surface area contributed by atoms with E-state index in [0.717, 1.165) is 0 Å². The van der Waals surface area contributed by atoms with Crippen molar-refractivity contribution in [3.63, 3.8) is 0 Å². The van der Waals surface area contributed by atoms with Gasteiger partial charge < -0.3 is 27.4 Å². The molecule has 0 bridgehead atoms. The second kappa shape index (κ2) is 120. The van der Waals surface area contributed by atoms with Crippen molar-refractivity contribution in [2.24, 2.45) is 0 Å². The van der Waals surface area contributed by atoms with E-state index in [9.17, 15) is 0 Å². The fraction of sp³-hybridized carbons (Fsp3) is 0. The van der Waals surface area contributed by atoms with Crippen molar-refractivity contribution >= 4 is 0 Å². The van der Waals surface area contributed by atoms with Crippen LogP contribution in [0.15, 0.2) is 0 Å². The molecular formula is Mn2O5Y2. The Bertz CT molecular complexity index is 12.9. The van der Waals surface area contributed by atoms with Crippen LogP contribution in [0.5, 0.6) is 0 Å². The molecule has 0 aromatic rings. The Labute approximate surface area is 125 Å². The molecule has 0 spiro atoms. The van der Waals surface area contributed by atoms with Crippen LogP contribution in [0.2, 0.25) is 0 Å². The Morgan fingerprint density at radius 2 is 0.333 bits per heavy atom. The smallest absolute Gasteiger partial charge is 2.00 e. The molecule has 0 aromatic carbocycles. The van der Waals surface area contributed by atoms with E-state index in [1.54, 1.807) is 0 Å². The topological polar surface area (TPSA) is 142 Å². The van der Waals surface area contributed by atoms with Gasteiger partial charge in [0.1, 0.15) is 0 Å². The third kappa shape index (κ3) is 97.4. The van der Waals surface area contributed by atoms with Crippen LogP contribution in [0, 0.1) is 0 Å². The van der Waals surface area contributed by atoms with Crippen LogP contribution in [0.3, 0.4) is 0 Å². The molecule has 9 heteroatoms. The standard InChI is InChI=1S/2Mn.5O.2Y/q2*+2;5*-2;2*+3. The van der Waals surface area contributed by atoms with Gasteiger partial charge in [-0.15, -0.1) is 0 Å². The van der Waals surface area contributed by atoms with E-state index in [1.165, 1.54) is 0 Å². The molecule has 9 heavy (non-hydrogen) atoms. The minimum absolute atomic E-state index is 0. The van der Waals surface area contributed by atoms with Crippen molar-refractivity contribution in [2.45, 2.75) is 0 Å². The van der Waals surface area contributed by atoms with E-state index in [0.29, 0.717) is 0 Å². The van der Waals surface area contributed by atoms with Crippen LogP contribution in [0.25, 0.3) is 0 Å². The quantitative estimate of drug-likeness (QED) is 0.504. The van der Waals surface area contributed by atoms with Crippen molar-refractivity contribution in [3.05, 3.63) is 0 Å². The molecule has 0 aromatic heterocycles. The maximum absolute atomic E-state index is 0. The molecule has 0 unspecified atom stereocenters. The third-order valence-corrected chi connectivity index (χ3v) is 0. The van der Waals surface area contributed by atoms with Gasteiger partial charge in [-0.3, -0.25) is 0 Å². The fourth-order valence-corrected chi connectivity index (χ4v) is 0. The Hall–Kier alpha value is 3.05. The molecule has 0 saturated heterocycles. The summed E-state index contributed by atoms with van der Waals surface area (Å²) in [5.74, 6) is 0. The molecule has 0 rings (SSSR count). The SMILES string of the molecule is [Mn+2].[Mn+2].[O-2].[O-2].[O-2].[O-2].[O-2].[Y+3].[Y+3]. The molecule has 2 radical (unpaired) electrons. The van der Waals surface area contributed by atoms with Gasteiger partial charge in [0.15, 0.2) is 0 Å². The monoisotopic (exact) mass is 368 g/mol. The minimum atomic E-state index is 0. The Balaban J connectivity index is 0. The molecule has 0 aliphatic heterocycles. The van der Waals surface area contributed by atoms with Gasteiger partial charge in [0, 0.05) is 0 Å². The summed E-state index contributed by atoms with van der Waals surface area (Å²) in [6.07, 6.45) is 0. The van der Waals surface area contributed by atoms with Gasteiger partial charge in [-0.25, -0.2) is 0 Å². The molecule has 0 atom stereocenters. The summed E-state index contributed by atoms with van der Waals surface area (Å²) < 4.78 is 0. The zero-order chi connectivity index (χ0) is 0. The van der Waals surface area contributed by atoms with Crippen LogP contribution in [0.4, 0.5) is 0 Å². The number of hydrogen-bond donors (Lipinski definition) is 0. The summed E-state index contributed by atoms with van der Waals surface area (Å²) in [6, 6.07) is 0. The maximum Gasteiger partial charge on any atom is 3.00 e. The largest absolute Gasteiger partial charge is 3.00 e. The molecule has 0 saturated carbocycles. The van der Waals surface area contributed by atoms with Crippen molar-refractivity contribution in [2.75, 3.05) is 0 Å². The Kier molecular flexibility index (Phi) is 2110. The summed E-state index contributed by atoms with van der Waals surface area (Å²) in [4.78, 5) is 0. The van der Waals surface area contributed by atoms with Gasteiger partial charge in [0.2, 0.25) is 0 Å². The Morgan fingerprint density at radius 3 is 0.333 bits per heavy atom. The Morgan fingerprint density at radius 1 is 0.333 bits per heavy atom. The first-order valence-corrected chi connectivity index (χ1v) is 0. The van der Waals surface area contributed by atoms with E-state index in [-0.39, 0.29) is 127 Å². The summed E-state index contributed by atoms with van der Waals surface area (Å²) in [5, 5.41) is 0. The van der Waals surface area contributed by atoms with E-state index in [1.807, 2.05) is 0 Å². The molecular weight excluding hydrogens is 368 g/mol. The molecule has 50 valence electrons. The summed E-state index contributed by atoms with van der Waals surface area (Å²) in [7, 11) is 0. The van der Waals surface area contributed by atoms with E-state index >= 15 is 0 Å². The third-order valence-electron chi connectivity index (χ3n) is 0. The first-order valence-electron chi connectivity index (χ1n) is 0. The predicted octanol–water partition coefficient (Wildman–Crippen LogP) is -0.604. The first-order chi connectivity index (χ1) is 0. The number of rotatable bonds is 0. The molecule has 5 nitrogen and oxygen atoms in total. The van der Waals surface area contributed by atoms with Crippen LogP contribution in [-0.2, 0) is 127 Å². The van der Waals surface area contributed by atoms with Gasteiger partial charge in [0.05, 0.1) is 0 Å². The molecule has 0 fully saturated rings. The van der Waals surface area contributed by atoms with Gasteiger partial charge in [0.25, 0.3) is 0 Å².